The predicted molar refractivity (Wildman–Crippen MR) is 77.7 cm³/mol. The quantitative estimate of drug-likeness (QED) is 0.926. The van der Waals surface area contributed by atoms with Crippen molar-refractivity contribution in [1.29, 1.82) is 0 Å². The molecule has 3 rings (SSSR count). The highest BCUT2D eigenvalue weighted by Gasteiger charge is 2.34. The van der Waals surface area contributed by atoms with Gasteiger partial charge in [0, 0.05) is 13.2 Å². The highest BCUT2D eigenvalue weighted by atomic mass is 19.4. The predicted octanol–water partition coefficient (Wildman–Crippen LogP) is 2.19. The summed E-state index contributed by atoms with van der Waals surface area (Å²) in [6, 6.07) is 4.97. The van der Waals surface area contributed by atoms with Crippen LogP contribution in [0.3, 0.4) is 0 Å². The molecule has 0 saturated carbocycles. The van der Waals surface area contributed by atoms with Gasteiger partial charge in [0.05, 0.1) is 23.6 Å². The van der Waals surface area contributed by atoms with Crippen LogP contribution in [0.1, 0.15) is 28.9 Å². The first kappa shape index (κ1) is 16.4. The zero-order valence-electron chi connectivity index (χ0n) is 12.6. The zero-order chi connectivity index (χ0) is 17.2. The summed E-state index contributed by atoms with van der Waals surface area (Å²) in [6.45, 7) is 1.01. The first-order valence-corrected chi connectivity index (χ1v) is 7.44. The van der Waals surface area contributed by atoms with Crippen molar-refractivity contribution in [2.45, 2.75) is 25.1 Å². The second-order valence-electron chi connectivity index (χ2n) is 5.41. The van der Waals surface area contributed by atoms with Crippen molar-refractivity contribution in [3.05, 3.63) is 41.7 Å². The Labute approximate surface area is 135 Å². The molecule has 1 aliphatic heterocycles. The first-order chi connectivity index (χ1) is 11.4. The van der Waals surface area contributed by atoms with E-state index in [0.717, 1.165) is 23.6 Å². The smallest absolute Gasteiger partial charge is 0.376 e. The SMILES string of the molecule is O=C(NCC1CCCO1)c1cn(-c2ccccc2C(F)(F)F)nn1. The summed E-state index contributed by atoms with van der Waals surface area (Å²) in [5.74, 6) is -0.499. The van der Waals surface area contributed by atoms with Crippen LogP contribution in [0.2, 0.25) is 0 Å². The number of nitrogens with one attached hydrogen (secondary N) is 1. The molecule has 0 spiro atoms. The van der Waals surface area contributed by atoms with E-state index in [2.05, 4.69) is 15.6 Å². The number of hydrogen-bond acceptors (Lipinski definition) is 4. The number of nitrogens with zero attached hydrogens (tertiary/aromatic N) is 3. The summed E-state index contributed by atoms with van der Waals surface area (Å²) >= 11 is 0. The second kappa shape index (κ2) is 6.60. The number of carbonyl (C=O) groups is 1. The maximum absolute atomic E-state index is 13.0. The van der Waals surface area contributed by atoms with E-state index in [1.807, 2.05) is 0 Å². The minimum atomic E-state index is -4.52. The molecular weight excluding hydrogens is 325 g/mol. The molecule has 2 heterocycles. The van der Waals surface area contributed by atoms with Crippen LogP contribution in [0.25, 0.3) is 5.69 Å². The molecule has 0 radical (unpaired) electrons. The van der Waals surface area contributed by atoms with Crippen molar-refractivity contribution in [2.75, 3.05) is 13.2 Å². The van der Waals surface area contributed by atoms with E-state index in [9.17, 15) is 18.0 Å². The molecule has 2 aromatic rings. The first-order valence-electron chi connectivity index (χ1n) is 7.44. The van der Waals surface area contributed by atoms with Crippen LogP contribution in [-0.2, 0) is 10.9 Å². The number of alkyl halides is 3. The maximum atomic E-state index is 13.0. The van der Waals surface area contributed by atoms with Crippen LogP contribution in [0.4, 0.5) is 13.2 Å². The van der Waals surface area contributed by atoms with Crippen LogP contribution in [0, 0.1) is 0 Å². The molecule has 1 aromatic carbocycles. The summed E-state index contributed by atoms with van der Waals surface area (Å²) in [4.78, 5) is 12.0. The molecule has 1 fully saturated rings. The number of carbonyl (C=O) groups excluding carboxylic acids is 1. The fraction of sp³-hybridized carbons (Fsp3) is 0.400. The molecule has 1 saturated heterocycles. The Bertz CT molecular complexity index is 724. The molecule has 6 nitrogen and oxygen atoms in total. The van der Waals surface area contributed by atoms with Crippen LogP contribution < -0.4 is 5.32 Å². The normalized spacial score (nSPS) is 17.9. The lowest BCUT2D eigenvalue weighted by molar-refractivity contribution is -0.137. The van der Waals surface area contributed by atoms with Crippen molar-refractivity contribution in [3.8, 4) is 5.69 Å². The summed E-state index contributed by atoms with van der Waals surface area (Å²) in [5.41, 5.74) is -1.08. The van der Waals surface area contributed by atoms with Gasteiger partial charge in [-0.2, -0.15) is 13.2 Å². The van der Waals surface area contributed by atoms with E-state index >= 15 is 0 Å². The van der Waals surface area contributed by atoms with Gasteiger partial charge in [-0.25, -0.2) is 4.68 Å². The van der Waals surface area contributed by atoms with Crippen molar-refractivity contribution in [3.63, 3.8) is 0 Å². The maximum Gasteiger partial charge on any atom is 0.418 e. The van der Waals surface area contributed by atoms with E-state index in [4.69, 9.17) is 4.74 Å². The summed E-state index contributed by atoms with van der Waals surface area (Å²) in [7, 11) is 0. The number of amides is 1. The Morgan fingerprint density at radius 2 is 2.17 bits per heavy atom. The van der Waals surface area contributed by atoms with Crippen molar-refractivity contribution in [1.82, 2.24) is 20.3 Å². The summed E-state index contributed by atoms with van der Waals surface area (Å²) in [5, 5.41) is 9.94. The molecular formula is C15H15F3N4O2. The van der Waals surface area contributed by atoms with Gasteiger partial charge in [0.25, 0.3) is 5.91 Å². The van der Waals surface area contributed by atoms with Crippen molar-refractivity contribution in [2.24, 2.45) is 0 Å². The number of para-hydroxylation sites is 1. The van der Waals surface area contributed by atoms with Gasteiger partial charge >= 0.3 is 6.18 Å². The fourth-order valence-corrected chi connectivity index (χ4v) is 2.50. The Balaban J connectivity index is 1.75. The number of halogens is 3. The van der Waals surface area contributed by atoms with E-state index in [1.165, 1.54) is 24.4 Å². The lowest BCUT2D eigenvalue weighted by Crippen LogP contribution is -2.31. The highest BCUT2D eigenvalue weighted by molar-refractivity contribution is 5.91. The van der Waals surface area contributed by atoms with Gasteiger partial charge in [0.15, 0.2) is 5.69 Å². The second-order valence-corrected chi connectivity index (χ2v) is 5.41. The lowest BCUT2D eigenvalue weighted by atomic mass is 10.1. The van der Waals surface area contributed by atoms with Gasteiger partial charge < -0.3 is 10.1 Å². The summed E-state index contributed by atoms with van der Waals surface area (Å²) in [6.07, 6.45) is -1.56. The van der Waals surface area contributed by atoms with Gasteiger partial charge in [-0.15, -0.1) is 5.10 Å². The highest BCUT2D eigenvalue weighted by Crippen LogP contribution is 2.33. The van der Waals surface area contributed by atoms with Crippen molar-refractivity contribution < 1.29 is 22.7 Å². The Hall–Kier alpha value is -2.42. The average Bonchev–Trinajstić information content (AvgIpc) is 3.23. The third-order valence-corrected chi connectivity index (χ3v) is 3.70. The third-order valence-electron chi connectivity index (χ3n) is 3.70. The van der Waals surface area contributed by atoms with Crippen LogP contribution in [0.5, 0.6) is 0 Å². The van der Waals surface area contributed by atoms with E-state index in [-0.39, 0.29) is 17.5 Å². The van der Waals surface area contributed by atoms with Crippen LogP contribution in [0.15, 0.2) is 30.5 Å². The number of aromatic nitrogens is 3. The molecule has 1 aromatic heterocycles. The molecule has 1 amide bonds. The average molecular weight is 340 g/mol. The fourth-order valence-electron chi connectivity index (χ4n) is 2.50. The molecule has 1 atom stereocenters. The molecule has 0 aliphatic carbocycles. The zero-order valence-corrected chi connectivity index (χ0v) is 12.6. The topological polar surface area (TPSA) is 69.0 Å². The molecule has 9 heteroatoms. The Morgan fingerprint density at radius 1 is 1.38 bits per heavy atom. The monoisotopic (exact) mass is 340 g/mol. The number of ether oxygens (including phenoxy) is 1. The Morgan fingerprint density at radius 3 is 2.88 bits per heavy atom. The third kappa shape index (κ3) is 3.56. The van der Waals surface area contributed by atoms with Gasteiger partial charge in [-0.05, 0) is 25.0 Å². The molecule has 1 unspecified atom stereocenters. The minimum absolute atomic E-state index is 0.0325. The van der Waals surface area contributed by atoms with Crippen LogP contribution >= 0.6 is 0 Å². The number of hydrogen-bond donors (Lipinski definition) is 1. The van der Waals surface area contributed by atoms with E-state index in [1.54, 1.807) is 0 Å². The molecule has 0 bridgehead atoms. The van der Waals surface area contributed by atoms with Crippen LogP contribution in [-0.4, -0.2) is 40.2 Å². The molecule has 1 N–H and O–H groups in total. The summed E-state index contributed by atoms with van der Waals surface area (Å²) < 4.78 is 45.4. The standard InChI is InChI=1S/C15H15F3N4O2/c16-15(17,18)11-5-1-2-6-13(11)22-9-12(20-21-22)14(23)19-8-10-4-3-7-24-10/h1-2,5-6,9-10H,3-4,7-8H2,(H,19,23). The lowest BCUT2D eigenvalue weighted by Gasteiger charge is -2.11. The van der Waals surface area contributed by atoms with Gasteiger partial charge in [0.1, 0.15) is 0 Å². The molecule has 128 valence electrons. The minimum Gasteiger partial charge on any atom is -0.376 e. The molecule has 1 aliphatic rings. The van der Waals surface area contributed by atoms with Gasteiger partial charge in [0.2, 0.25) is 0 Å². The van der Waals surface area contributed by atoms with Crippen molar-refractivity contribution >= 4 is 5.91 Å². The number of rotatable bonds is 4. The largest absolute Gasteiger partial charge is 0.418 e. The number of benzene rings is 1. The van der Waals surface area contributed by atoms with Gasteiger partial charge in [-0.1, -0.05) is 17.3 Å². The Kier molecular flexibility index (Phi) is 4.52. The molecule has 24 heavy (non-hydrogen) atoms. The van der Waals surface area contributed by atoms with E-state index < -0.39 is 17.6 Å². The van der Waals surface area contributed by atoms with Gasteiger partial charge in [-0.3, -0.25) is 4.79 Å². The van der Waals surface area contributed by atoms with E-state index in [0.29, 0.717) is 13.2 Å².